The minimum atomic E-state index is -3.24. The molecule has 0 bridgehead atoms. The van der Waals surface area contributed by atoms with E-state index < -0.39 is 32.9 Å². The van der Waals surface area contributed by atoms with Gasteiger partial charge in [0, 0.05) is 12.6 Å². The van der Waals surface area contributed by atoms with Gasteiger partial charge < -0.3 is 4.52 Å². The molecule has 0 radical (unpaired) electrons. The van der Waals surface area contributed by atoms with Crippen LogP contribution in [0.3, 0.4) is 0 Å². The predicted molar refractivity (Wildman–Crippen MR) is 89.2 cm³/mol. The Kier molecular flexibility index (Phi) is 5.27. The van der Waals surface area contributed by atoms with Crippen molar-refractivity contribution >= 4 is 15.7 Å². The number of sulfone groups is 1. The topological polar surface area (TPSA) is 122 Å². The highest BCUT2D eigenvalue weighted by Crippen LogP contribution is 2.28. The fourth-order valence-corrected chi connectivity index (χ4v) is 4.51. The van der Waals surface area contributed by atoms with E-state index in [2.05, 4.69) is 10.5 Å². The van der Waals surface area contributed by atoms with E-state index in [1.807, 2.05) is 0 Å². The summed E-state index contributed by atoms with van der Waals surface area (Å²) < 4.78 is 55.9. The summed E-state index contributed by atoms with van der Waals surface area (Å²) in [6, 6.07) is 4.71. The Morgan fingerprint density at radius 1 is 1.26 bits per heavy atom. The van der Waals surface area contributed by atoms with Crippen LogP contribution in [0.4, 0.5) is 8.78 Å². The first-order valence-corrected chi connectivity index (χ1v) is 9.88. The average molecular weight is 401 g/mol. The number of carbonyl (C=O) groups excluding carboxylic acids is 1. The molecule has 1 aromatic carbocycles. The first-order chi connectivity index (χ1) is 12.8. The summed E-state index contributed by atoms with van der Waals surface area (Å²) in [4.78, 5) is 12.1. The van der Waals surface area contributed by atoms with Crippen LogP contribution in [0.5, 0.6) is 0 Å². The van der Waals surface area contributed by atoms with Gasteiger partial charge in [-0.15, -0.1) is 0 Å². The second-order valence-corrected chi connectivity index (χ2v) is 8.61. The summed E-state index contributed by atoms with van der Waals surface area (Å²) >= 11 is 0. The third-order valence-electron chi connectivity index (χ3n) is 4.59. The molecule has 0 spiro atoms. The van der Waals surface area contributed by atoms with E-state index in [9.17, 15) is 22.0 Å². The Bertz CT molecular complexity index is 926. The molecule has 0 unspecified atom stereocenters. The third kappa shape index (κ3) is 3.99. The van der Waals surface area contributed by atoms with Crippen LogP contribution in [0.15, 0.2) is 28.8 Å². The number of benzene rings is 1. The van der Waals surface area contributed by atoms with Gasteiger partial charge in [-0.05, 0) is 25.0 Å². The zero-order valence-electron chi connectivity index (χ0n) is 14.0. The molecule has 1 fully saturated rings. The number of aromatic nitrogens is 1. The fourth-order valence-electron chi connectivity index (χ4n) is 2.98. The van der Waals surface area contributed by atoms with Crippen LogP contribution in [0.25, 0.3) is 11.3 Å². The summed E-state index contributed by atoms with van der Waals surface area (Å²) in [6.45, 7) is -0.0347. The van der Waals surface area contributed by atoms with E-state index in [-0.39, 0.29) is 47.9 Å². The maximum Gasteiger partial charge on any atom is 0.263 e. The van der Waals surface area contributed by atoms with Crippen molar-refractivity contribution in [2.45, 2.75) is 24.9 Å². The molecule has 27 heavy (non-hydrogen) atoms. The number of halogens is 2. The predicted octanol–water partition coefficient (Wildman–Crippen LogP) is 1.16. The highest BCUT2D eigenvalue weighted by Gasteiger charge is 2.43. The lowest BCUT2D eigenvalue weighted by atomic mass is 9.91. The van der Waals surface area contributed by atoms with Gasteiger partial charge in [-0.25, -0.2) is 22.7 Å². The van der Waals surface area contributed by atoms with Crippen LogP contribution >= 0.6 is 0 Å². The van der Waals surface area contributed by atoms with Gasteiger partial charge in [0.25, 0.3) is 5.91 Å². The van der Waals surface area contributed by atoms with E-state index in [1.54, 1.807) is 5.48 Å². The molecule has 0 aliphatic carbocycles. The molecule has 1 amide bonds. The van der Waals surface area contributed by atoms with Gasteiger partial charge in [-0.1, -0.05) is 11.2 Å². The van der Waals surface area contributed by atoms with E-state index in [1.165, 1.54) is 12.1 Å². The third-order valence-corrected chi connectivity index (χ3v) is 6.24. The molecule has 0 saturated carbocycles. The van der Waals surface area contributed by atoms with Crippen molar-refractivity contribution in [1.82, 2.24) is 16.0 Å². The number of hydroxylamine groups is 1. The van der Waals surface area contributed by atoms with Gasteiger partial charge in [0.2, 0.25) is 0 Å². The van der Waals surface area contributed by atoms with Crippen molar-refractivity contribution in [2.75, 3.05) is 11.5 Å². The number of nitrogens with zero attached hydrogens (tertiary/aromatic N) is 1. The smallest absolute Gasteiger partial charge is 0.263 e. The van der Waals surface area contributed by atoms with Crippen molar-refractivity contribution in [1.29, 1.82) is 0 Å². The molecule has 8 nitrogen and oxygen atoms in total. The maximum absolute atomic E-state index is 13.8. The molecule has 2 aromatic rings. The molecule has 1 aromatic heterocycles. The van der Waals surface area contributed by atoms with Crippen LogP contribution in [0.2, 0.25) is 0 Å². The van der Waals surface area contributed by atoms with E-state index in [4.69, 9.17) is 9.73 Å². The summed E-state index contributed by atoms with van der Waals surface area (Å²) in [5.41, 5.74) is 0.140. The van der Waals surface area contributed by atoms with Crippen LogP contribution in [0, 0.1) is 11.6 Å². The number of carbonyl (C=O) groups is 1. The Hall–Kier alpha value is -2.37. The van der Waals surface area contributed by atoms with Gasteiger partial charge >= 0.3 is 0 Å². The molecular formula is C16H17F2N3O5S. The number of rotatable bonds is 5. The molecular weight excluding hydrogens is 384 g/mol. The maximum atomic E-state index is 13.8. The van der Waals surface area contributed by atoms with E-state index >= 15 is 0 Å². The quantitative estimate of drug-likeness (QED) is 0.508. The van der Waals surface area contributed by atoms with Gasteiger partial charge in [-0.2, -0.15) is 0 Å². The molecule has 3 N–H and O–H groups in total. The van der Waals surface area contributed by atoms with Crippen LogP contribution in [0.1, 0.15) is 18.5 Å². The van der Waals surface area contributed by atoms with Gasteiger partial charge in [0.1, 0.15) is 27.0 Å². The molecule has 1 saturated heterocycles. The summed E-state index contributed by atoms with van der Waals surface area (Å²) in [7, 11) is -3.24. The number of amides is 1. The first-order valence-electron chi connectivity index (χ1n) is 8.06. The Balaban J connectivity index is 1.77. The monoisotopic (exact) mass is 401 g/mol. The Morgan fingerprint density at radius 2 is 1.89 bits per heavy atom. The minimum Gasteiger partial charge on any atom is -0.356 e. The van der Waals surface area contributed by atoms with Crippen molar-refractivity contribution in [3.05, 3.63) is 41.6 Å². The standard InChI is InChI=1S/C16H17F2N3O5S/c17-11-2-1-3-12(18)14(11)13-8-10(21-26-13)9-19-16(15(22)20-23)4-6-27(24,25)7-5-16/h1-3,8,19,23H,4-7,9H2,(H,20,22). The molecule has 3 rings (SSSR count). The zero-order chi connectivity index (χ0) is 19.7. The second kappa shape index (κ2) is 7.33. The summed E-state index contributed by atoms with van der Waals surface area (Å²) in [5, 5.41) is 15.6. The van der Waals surface area contributed by atoms with Crippen LogP contribution < -0.4 is 10.8 Å². The highest BCUT2D eigenvalue weighted by atomic mass is 32.2. The van der Waals surface area contributed by atoms with E-state index in [0.29, 0.717) is 0 Å². The van der Waals surface area contributed by atoms with Gasteiger partial charge in [0.05, 0.1) is 22.8 Å². The molecule has 11 heteroatoms. The first kappa shape index (κ1) is 19.4. The number of hydrogen-bond donors (Lipinski definition) is 3. The molecule has 1 aliphatic heterocycles. The molecule has 2 heterocycles. The molecule has 146 valence electrons. The van der Waals surface area contributed by atoms with E-state index in [0.717, 1.165) is 12.1 Å². The van der Waals surface area contributed by atoms with Crippen LogP contribution in [-0.2, 0) is 21.2 Å². The number of nitrogens with one attached hydrogen (secondary N) is 2. The second-order valence-electron chi connectivity index (χ2n) is 6.31. The Labute approximate surface area is 153 Å². The average Bonchev–Trinajstić information content (AvgIpc) is 3.09. The van der Waals surface area contributed by atoms with Crippen molar-refractivity contribution in [3.8, 4) is 11.3 Å². The summed E-state index contributed by atoms with van der Waals surface area (Å²) in [5.74, 6) is -2.91. The Morgan fingerprint density at radius 3 is 2.48 bits per heavy atom. The minimum absolute atomic E-state index is 0.0334. The van der Waals surface area contributed by atoms with Gasteiger partial charge in [0.15, 0.2) is 5.76 Å². The largest absolute Gasteiger partial charge is 0.356 e. The zero-order valence-corrected chi connectivity index (χ0v) is 14.9. The van der Waals surface area contributed by atoms with Crippen molar-refractivity contribution in [3.63, 3.8) is 0 Å². The lowest BCUT2D eigenvalue weighted by Crippen LogP contribution is -2.59. The van der Waals surface area contributed by atoms with Gasteiger partial charge in [-0.3, -0.25) is 15.3 Å². The molecule has 1 aliphatic rings. The van der Waals surface area contributed by atoms with Crippen LogP contribution in [-0.4, -0.2) is 41.7 Å². The number of hydrogen-bond acceptors (Lipinski definition) is 7. The normalized spacial score (nSPS) is 18.2. The summed E-state index contributed by atoms with van der Waals surface area (Å²) in [6.07, 6.45) is -0.0667. The fraction of sp³-hybridized carbons (Fsp3) is 0.375. The van der Waals surface area contributed by atoms with Crippen molar-refractivity contribution < 1.29 is 31.7 Å². The lowest BCUT2D eigenvalue weighted by molar-refractivity contribution is -0.136. The SMILES string of the molecule is O=C(NO)C1(NCc2cc(-c3c(F)cccc3F)on2)CCS(=O)(=O)CC1. The highest BCUT2D eigenvalue weighted by molar-refractivity contribution is 7.91. The molecule has 0 atom stereocenters. The van der Waals surface area contributed by atoms with Crippen molar-refractivity contribution in [2.24, 2.45) is 0 Å². The lowest BCUT2D eigenvalue weighted by Gasteiger charge is -2.35.